The zero-order chi connectivity index (χ0) is 7.68. The Morgan fingerprint density at radius 3 is 3.09 bits per heavy atom. The summed E-state index contributed by atoms with van der Waals surface area (Å²) < 4.78 is 10.0. The molecule has 0 radical (unpaired) electrons. The maximum absolute atomic E-state index is 8.46. The van der Waals surface area contributed by atoms with E-state index in [1.165, 1.54) is 6.20 Å². The van der Waals surface area contributed by atoms with Crippen molar-refractivity contribution in [2.45, 2.75) is 0 Å². The second-order valence-corrected chi connectivity index (χ2v) is 2.03. The van der Waals surface area contributed by atoms with Crippen LogP contribution in [-0.4, -0.2) is 11.8 Å². The monoisotopic (exact) mass is 148 g/mol. The number of nitrogens with zero attached hydrogens (tertiary/aromatic N) is 2. The molecule has 0 aliphatic carbocycles. The zero-order valence-electron chi connectivity index (χ0n) is 5.57. The Bertz CT molecular complexity index is 330. The first-order chi connectivity index (χ1) is 5.40. The van der Waals surface area contributed by atoms with Gasteiger partial charge in [0.15, 0.2) is 11.5 Å². The maximum atomic E-state index is 8.46. The van der Waals surface area contributed by atoms with E-state index in [-0.39, 0.29) is 6.79 Å². The van der Waals surface area contributed by atoms with Crippen molar-refractivity contribution in [1.29, 1.82) is 5.26 Å². The van der Waals surface area contributed by atoms with Crippen LogP contribution in [0.1, 0.15) is 5.69 Å². The largest absolute Gasteiger partial charge is 0.453 e. The van der Waals surface area contributed by atoms with E-state index in [9.17, 15) is 0 Å². The number of pyridine rings is 1. The number of rotatable bonds is 0. The molecule has 2 heterocycles. The maximum Gasteiger partial charge on any atom is 0.231 e. The molecule has 4 nitrogen and oxygen atoms in total. The van der Waals surface area contributed by atoms with Gasteiger partial charge in [0.1, 0.15) is 11.8 Å². The van der Waals surface area contributed by atoms with Crippen LogP contribution in [0.5, 0.6) is 11.5 Å². The summed E-state index contributed by atoms with van der Waals surface area (Å²) in [6.45, 7) is 0.214. The number of ether oxygens (including phenoxy) is 2. The van der Waals surface area contributed by atoms with Crippen LogP contribution in [0.3, 0.4) is 0 Å². The fraction of sp³-hybridized carbons (Fsp3) is 0.143. The van der Waals surface area contributed by atoms with Crippen LogP contribution in [0.4, 0.5) is 0 Å². The minimum absolute atomic E-state index is 0.214. The number of fused-ring (bicyclic) bond motifs is 1. The Balaban J connectivity index is 2.51. The average molecular weight is 148 g/mol. The molecule has 0 atom stereocenters. The minimum Gasteiger partial charge on any atom is -0.453 e. The van der Waals surface area contributed by atoms with E-state index >= 15 is 0 Å². The topological polar surface area (TPSA) is 55.1 Å². The van der Waals surface area contributed by atoms with Gasteiger partial charge < -0.3 is 9.47 Å². The van der Waals surface area contributed by atoms with Gasteiger partial charge in [0.25, 0.3) is 0 Å². The third-order valence-corrected chi connectivity index (χ3v) is 1.37. The summed E-state index contributed by atoms with van der Waals surface area (Å²) in [5.74, 6) is 1.19. The quantitative estimate of drug-likeness (QED) is 0.543. The molecule has 1 aromatic rings. The van der Waals surface area contributed by atoms with Gasteiger partial charge in [-0.05, 0) is 0 Å². The second kappa shape index (κ2) is 2.13. The highest BCUT2D eigenvalue weighted by Gasteiger charge is 2.13. The van der Waals surface area contributed by atoms with Crippen LogP contribution in [0.15, 0.2) is 12.3 Å². The van der Waals surface area contributed by atoms with Crippen molar-refractivity contribution in [2.24, 2.45) is 0 Å². The van der Waals surface area contributed by atoms with Crippen molar-refractivity contribution >= 4 is 0 Å². The standard InChI is InChI=1S/C7H4N2O2/c8-2-5-1-6-7(3-9-5)11-4-10-6/h1,3H,4H2. The highest BCUT2D eigenvalue weighted by atomic mass is 16.7. The molecule has 0 unspecified atom stereocenters. The molecule has 2 rings (SSSR count). The summed E-state index contributed by atoms with van der Waals surface area (Å²) >= 11 is 0. The molecule has 11 heavy (non-hydrogen) atoms. The van der Waals surface area contributed by atoms with Crippen molar-refractivity contribution in [1.82, 2.24) is 4.98 Å². The predicted molar refractivity (Wildman–Crippen MR) is 35.1 cm³/mol. The van der Waals surface area contributed by atoms with Crippen LogP contribution < -0.4 is 9.47 Å². The van der Waals surface area contributed by atoms with Crippen LogP contribution in [-0.2, 0) is 0 Å². The molecule has 0 spiro atoms. The molecule has 0 amide bonds. The van der Waals surface area contributed by atoms with Gasteiger partial charge in [-0.2, -0.15) is 5.26 Å². The van der Waals surface area contributed by atoms with E-state index in [0.717, 1.165) is 0 Å². The van der Waals surface area contributed by atoms with Crippen molar-refractivity contribution < 1.29 is 9.47 Å². The summed E-state index contributed by atoms with van der Waals surface area (Å²) in [5.41, 5.74) is 0.342. The highest BCUT2D eigenvalue weighted by molar-refractivity contribution is 5.43. The summed E-state index contributed by atoms with van der Waals surface area (Å²) in [5, 5.41) is 8.46. The van der Waals surface area contributed by atoms with Crippen molar-refractivity contribution in [3.63, 3.8) is 0 Å². The predicted octanol–water partition coefficient (Wildman–Crippen LogP) is 0.682. The Morgan fingerprint density at radius 2 is 2.27 bits per heavy atom. The van der Waals surface area contributed by atoms with Gasteiger partial charge in [0, 0.05) is 6.07 Å². The molecule has 1 aromatic heterocycles. The van der Waals surface area contributed by atoms with Crippen LogP contribution >= 0.6 is 0 Å². The summed E-state index contributed by atoms with van der Waals surface area (Å²) in [7, 11) is 0. The fourth-order valence-electron chi connectivity index (χ4n) is 0.863. The molecule has 1 aliphatic heterocycles. The molecule has 0 aromatic carbocycles. The third kappa shape index (κ3) is 0.867. The molecular formula is C7H4N2O2. The number of nitriles is 1. The Morgan fingerprint density at radius 1 is 1.45 bits per heavy atom. The molecule has 0 fully saturated rings. The summed E-state index contributed by atoms with van der Waals surface area (Å²) in [4.78, 5) is 3.80. The normalized spacial score (nSPS) is 12.6. The van der Waals surface area contributed by atoms with Gasteiger partial charge in [-0.1, -0.05) is 0 Å². The molecular weight excluding hydrogens is 144 g/mol. The lowest BCUT2D eigenvalue weighted by Crippen LogP contribution is -1.92. The Kier molecular flexibility index (Phi) is 1.16. The zero-order valence-corrected chi connectivity index (χ0v) is 5.57. The molecule has 1 aliphatic rings. The Hall–Kier alpha value is -1.76. The molecule has 54 valence electrons. The SMILES string of the molecule is N#Cc1cc2c(cn1)OCO2. The first kappa shape index (κ1) is 5.98. The number of aromatic nitrogens is 1. The Labute approximate surface area is 63.0 Å². The van der Waals surface area contributed by atoms with Crippen molar-refractivity contribution in [3.8, 4) is 17.6 Å². The lowest BCUT2D eigenvalue weighted by atomic mass is 10.3. The first-order valence-electron chi connectivity index (χ1n) is 3.06. The molecule has 0 saturated carbocycles. The van der Waals surface area contributed by atoms with Gasteiger partial charge in [0.05, 0.1) is 6.20 Å². The van der Waals surface area contributed by atoms with Crippen LogP contribution in [0, 0.1) is 11.3 Å². The average Bonchev–Trinajstić information content (AvgIpc) is 2.50. The van der Waals surface area contributed by atoms with Gasteiger partial charge in [-0.3, -0.25) is 0 Å². The summed E-state index contributed by atoms with van der Waals surface area (Å²) in [6, 6.07) is 3.47. The van der Waals surface area contributed by atoms with E-state index in [2.05, 4.69) is 4.98 Å². The van der Waals surface area contributed by atoms with E-state index in [1.54, 1.807) is 6.07 Å². The van der Waals surface area contributed by atoms with Crippen molar-refractivity contribution in [2.75, 3.05) is 6.79 Å². The highest BCUT2D eigenvalue weighted by Crippen LogP contribution is 2.30. The minimum atomic E-state index is 0.214. The smallest absolute Gasteiger partial charge is 0.231 e. The molecule has 4 heteroatoms. The van der Waals surface area contributed by atoms with Crippen LogP contribution in [0.25, 0.3) is 0 Å². The lowest BCUT2D eigenvalue weighted by molar-refractivity contribution is 0.174. The third-order valence-electron chi connectivity index (χ3n) is 1.37. The number of hydrogen-bond acceptors (Lipinski definition) is 4. The van der Waals surface area contributed by atoms with Gasteiger partial charge >= 0.3 is 0 Å². The first-order valence-corrected chi connectivity index (χ1v) is 3.06. The van der Waals surface area contributed by atoms with Gasteiger partial charge in [0.2, 0.25) is 6.79 Å². The summed E-state index contributed by atoms with van der Waals surface area (Å²) in [6.07, 6.45) is 1.49. The number of hydrogen-bond donors (Lipinski definition) is 0. The second-order valence-electron chi connectivity index (χ2n) is 2.03. The van der Waals surface area contributed by atoms with Crippen LogP contribution in [0.2, 0.25) is 0 Å². The molecule has 0 N–H and O–H groups in total. The van der Waals surface area contributed by atoms with E-state index in [1.807, 2.05) is 6.07 Å². The fourth-order valence-corrected chi connectivity index (χ4v) is 0.863. The van der Waals surface area contributed by atoms with Gasteiger partial charge in [-0.25, -0.2) is 4.98 Å². The van der Waals surface area contributed by atoms with Gasteiger partial charge in [-0.15, -0.1) is 0 Å². The van der Waals surface area contributed by atoms with Crippen molar-refractivity contribution in [3.05, 3.63) is 18.0 Å². The van der Waals surface area contributed by atoms with E-state index < -0.39 is 0 Å². The lowest BCUT2D eigenvalue weighted by Gasteiger charge is -1.92. The van der Waals surface area contributed by atoms with E-state index in [4.69, 9.17) is 14.7 Å². The van der Waals surface area contributed by atoms with E-state index in [0.29, 0.717) is 17.2 Å². The molecule has 0 saturated heterocycles. The molecule has 0 bridgehead atoms.